The second-order valence-corrected chi connectivity index (χ2v) is 5.26. The largest absolute Gasteiger partial charge is 0.322 e. The Kier molecular flexibility index (Phi) is 4.50. The molecule has 0 radical (unpaired) electrons. The summed E-state index contributed by atoms with van der Waals surface area (Å²) in [6, 6.07) is 12.3. The van der Waals surface area contributed by atoms with Crippen LogP contribution in [0.5, 0.6) is 0 Å². The van der Waals surface area contributed by atoms with Crippen LogP contribution in [0.15, 0.2) is 47.1 Å². The van der Waals surface area contributed by atoms with Crippen LogP contribution in [0, 0.1) is 0 Å². The van der Waals surface area contributed by atoms with Gasteiger partial charge in [-0.3, -0.25) is 4.98 Å². The SMILES string of the molecule is CCc1cccnc1C(N)Cc1cccc(Br)c1. The van der Waals surface area contributed by atoms with Gasteiger partial charge in [0.2, 0.25) is 0 Å². The maximum Gasteiger partial charge on any atom is 0.0606 e. The van der Waals surface area contributed by atoms with Crippen molar-refractivity contribution in [1.82, 2.24) is 4.98 Å². The molecule has 0 aliphatic carbocycles. The molecule has 0 fully saturated rings. The minimum atomic E-state index is -0.0459. The first-order valence-electron chi connectivity index (χ1n) is 6.14. The van der Waals surface area contributed by atoms with Crippen molar-refractivity contribution in [3.05, 3.63) is 63.9 Å². The van der Waals surface area contributed by atoms with Gasteiger partial charge in [-0.05, 0) is 42.2 Å². The quantitative estimate of drug-likeness (QED) is 0.936. The van der Waals surface area contributed by atoms with Crippen molar-refractivity contribution >= 4 is 15.9 Å². The lowest BCUT2D eigenvalue weighted by molar-refractivity contribution is 0.685. The maximum absolute atomic E-state index is 6.28. The number of nitrogens with zero attached hydrogens (tertiary/aromatic N) is 1. The molecule has 1 aromatic heterocycles. The molecule has 0 aliphatic rings. The molecule has 0 aliphatic heterocycles. The summed E-state index contributed by atoms with van der Waals surface area (Å²) in [5, 5.41) is 0. The average Bonchev–Trinajstić information content (AvgIpc) is 2.38. The van der Waals surface area contributed by atoms with Crippen LogP contribution in [0.25, 0.3) is 0 Å². The van der Waals surface area contributed by atoms with E-state index < -0.39 is 0 Å². The molecule has 0 amide bonds. The Hall–Kier alpha value is -1.19. The van der Waals surface area contributed by atoms with Crippen LogP contribution in [0.2, 0.25) is 0 Å². The van der Waals surface area contributed by atoms with Crippen LogP contribution < -0.4 is 5.73 Å². The van der Waals surface area contributed by atoms with Crippen molar-refractivity contribution in [2.45, 2.75) is 25.8 Å². The summed E-state index contributed by atoms with van der Waals surface area (Å²) in [4.78, 5) is 4.43. The first-order chi connectivity index (χ1) is 8.70. The number of benzene rings is 1. The predicted molar refractivity (Wildman–Crippen MR) is 78.4 cm³/mol. The number of pyridine rings is 1. The van der Waals surface area contributed by atoms with Gasteiger partial charge < -0.3 is 5.73 Å². The van der Waals surface area contributed by atoms with Crippen LogP contribution in [0.3, 0.4) is 0 Å². The summed E-state index contributed by atoms with van der Waals surface area (Å²) < 4.78 is 1.09. The molecule has 2 aromatic rings. The van der Waals surface area contributed by atoms with Crippen molar-refractivity contribution in [2.24, 2.45) is 5.73 Å². The number of halogens is 1. The highest BCUT2D eigenvalue weighted by Gasteiger charge is 2.12. The van der Waals surface area contributed by atoms with Gasteiger partial charge in [0.1, 0.15) is 0 Å². The minimum Gasteiger partial charge on any atom is -0.322 e. The summed E-state index contributed by atoms with van der Waals surface area (Å²) in [6.07, 6.45) is 3.59. The van der Waals surface area contributed by atoms with E-state index in [-0.39, 0.29) is 6.04 Å². The van der Waals surface area contributed by atoms with Gasteiger partial charge in [0.15, 0.2) is 0 Å². The van der Waals surface area contributed by atoms with E-state index in [0.29, 0.717) is 0 Å². The third-order valence-electron chi connectivity index (χ3n) is 3.00. The van der Waals surface area contributed by atoms with Gasteiger partial charge in [0.05, 0.1) is 11.7 Å². The smallest absolute Gasteiger partial charge is 0.0606 e. The number of nitrogens with two attached hydrogens (primary N) is 1. The molecule has 94 valence electrons. The molecular weight excluding hydrogens is 288 g/mol. The fourth-order valence-electron chi connectivity index (χ4n) is 2.10. The van der Waals surface area contributed by atoms with Gasteiger partial charge in [-0.15, -0.1) is 0 Å². The Balaban J connectivity index is 2.19. The molecule has 0 spiro atoms. The minimum absolute atomic E-state index is 0.0459. The summed E-state index contributed by atoms with van der Waals surface area (Å²) in [7, 11) is 0. The van der Waals surface area contributed by atoms with Crippen LogP contribution >= 0.6 is 15.9 Å². The van der Waals surface area contributed by atoms with E-state index in [1.807, 2.05) is 24.4 Å². The molecule has 2 rings (SSSR count). The van der Waals surface area contributed by atoms with Crippen LogP contribution in [0.4, 0.5) is 0 Å². The lowest BCUT2D eigenvalue weighted by Gasteiger charge is -2.14. The standard InChI is InChI=1S/C15H17BrN2/c1-2-12-6-4-8-18-15(12)14(17)10-11-5-3-7-13(16)9-11/h3-9,14H,2,10,17H2,1H3. The molecule has 1 atom stereocenters. The zero-order valence-corrected chi connectivity index (χ0v) is 12.0. The summed E-state index contributed by atoms with van der Waals surface area (Å²) in [5.41, 5.74) is 9.75. The Morgan fingerprint density at radius 3 is 2.83 bits per heavy atom. The summed E-state index contributed by atoms with van der Waals surface area (Å²) in [5.74, 6) is 0. The Bertz CT molecular complexity index is 525. The van der Waals surface area contributed by atoms with E-state index in [1.165, 1.54) is 11.1 Å². The molecule has 3 heteroatoms. The Labute approximate surface area is 116 Å². The van der Waals surface area contributed by atoms with Gasteiger partial charge in [0, 0.05) is 10.7 Å². The van der Waals surface area contributed by atoms with Gasteiger partial charge in [-0.2, -0.15) is 0 Å². The molecule has 2 N–H and O–H groups in total. The molecule has 0 saturated heterocycles. The molecular formula is C15H17BrN2. The van der Waals surface area contributed by atoms with Crippen LogP contribution in [-0.2, 0) is 12.8 Å². The van der Waals surface area contributed by atoms with Gasteiger partial charge >= 0.3 is 0 Å². The lowest BCUT2D eigenvalue weighted by atomic mass is 9.99. The lowest BCUT2D eigenvalue weighted by Crippen LogP contribution is -2.17. The van der Waals surface area contributed by atoms with Gasteiger partial charge in [-0.25, -0.2) is 0 Å². The van der Waals surface area contributed by atoms with Crippen molar-refractivity contribution < 1.29 is 0 Å². The Morgan fingerprint density at radius 2 is 2.11 bits per heavy atom. The van der Waals surface area contributed by atoms with Crippen molar-refractivity contribution in [3.8, 4) is 0 Å². The predicted octanol–water partition coefficient (Wildman–Crippen LogP) is 3.65. The zero-order valence-electron chi connectivity index (χ0n) is 10.4. The normalized spacial score (nSPS) is 12.4. The van der Waals surface area contributed by atoms with E-state index in [4.69, 9.17) is 5.73 Å². The van der Waals surface area contributed by atoms with E-state index in [2.05, 4.69) is 46.0 Å². The fraction of sp³-hybridized carbons (Fsp3) is 0.267. The second-order valence-electron chi connectivity index (χ2n) is 4.34. The molecule has 2 nitrogen and oxygen atoms in total. The van der Waals surface area contributed by atoms with Crippen LogP contribution in [-0.4, -0.2) is 4.98 Å². The monoisotopic (exact) mass is 304 g/mol. The zero-order chi connectivity index (χ0) is 13.0. The number of hydrogen-bond acceptors (Lipinski definition) is 2. The molecule has 18 heavy (non-hydrogen) atoms. The molecule has 0 bridgehead atoms. The fourth-order valence-corrected chi connectivity index (χ4v) is 2.54. The number of aromatic nitrogens is 1. The molecule has 1 heterocycles. The first-order valence-corrected chi connectivity index (χ1v) is 6.93. The molecule has 0 saturated carbocycles. The van der Waals surface area contributed by atoms with E-state index in [1.54, 1.807) is 0 Å². The van der Waals surface area contributed by atoms with Gasteiger partial charge in [-0.1, -0.05) is 41.1 Å². The average molecular weight is 305 g/mol. The number of hydrogen-bond donors (Lipinski definition) is 1. The van der Waals surface area contributed by atoms with E-state index in [0.717, 1.165) is 23.0 Å². The van der Waals surface area contributed by atoms with Crippen molar-refractivity contribution in [1.29, 1.82) is 0 Å². The maximum atomic E-state index is 6.28. The van der Waals surface area contributed by atoms with E-state index in [9.17, 15) is 0 Å². The highest BCUT2D eigenvalue weighted by atomic mass is 79.9. The Morgan fingerprint density at radius 1 is 1.28 bits per heavy atom. The summed E-state index contributed by atoms with van der Waals surface area (Å²) >= 11 is 3.48. The highest BCUT2D eigenvalue weighted by Crippen LogP contribution is 2.20. The topological polar surface area (TPSA) is 38.9 Å². The second kappa shape index (κ2) is 6.12. The van der Waals surface area contributed by atoms with Crippen molar-refractivity contribution in [3.63, 3.8) is 0 Å². The van der Waals surface area contributed by atoms with Gasteiger partial charge in [0.25, 0.3) is 0 Å². The van der Waals surface area contributed by atoms with E-state index >= 15 is 0 Å². The first kappa shape index (κ1) is 13.2. The third-order valence-corrected chi connectivity index (χ3v) is 3.50. The molecule has 1 aromatic carbocycles. The summed E-state index contributed by atoms with van der Waals surface area (Å²) in [6.45, 7) is 2.13. The number of rotatable bonds is 4. The van der Waals surface area contributed by atoms with Crippen molar-refractivity contribution in [2.75, 3.05) is 0 Å². The highest BCUT2D eigenvalue weighted by molar-refractivity contribution is 9.10. The van der Waals surface area contributed by atoms with Crippen LogP contribution in [0.1, 0.15) is 29.8 Å². The third kappa shape index (κ3) is 3.18. The number of aryl methyl sites for hydroxylation is 1. The molecule has 1 unspecified atom stereocenters.